The number of hydrogen-bond donors (Lipinski definition) is 1. The average molecular weight is 457 g/mol. The summed E-state index contributed by atoms with van der Waals surface area (Å²) in [6.07, 6.45) is -9.91. The van der Waals surface area contributed by atoms with Crippen molar-refractivity contribution in [3.8, 4) is 17.9 Å². The molecule has 0 bridgehead atoms. The molecular formula is C21H14F7N3O. The monoisotopic (exact) mass is 457 g/mol. The topological polar surface area (TPSA) is 68.8 Å². The highest BCUT2D eigenvalue weighted by Gasteiger charge is 2.51. The number of nitrogens with zero attached hydrogens (tertiary/aromatic N) is 2. The van der Waals surface area contributed by atoms with E-state index < -0.39 is 47.3 Å². The molecule has 0 amide bonds. The van der Waals surface area contributed by atoms with Crippen molar-refractivity contribution in [2.24, 2.45) is 0 Å². The lowest BCUT2D eigenvalue weighted by molar-refractivity contribution is -0.156. The second kappa shape index (κ2) is 8.67. The van der Waals surface area contributed by atoms with Gasteiger partial charge in [-0.1, -0.05) is 6.07 Å². The summed E-state index contributed by atoms with van der Waals surface area (Å²) in [4.78, 5) is 0. The molecule has 0 aromatic heterocycles. The van der Waals surface area contributed by atoms with E-state index in [1.165, 1.54) is 12.1 Å². The number of nitrogens with one attached hydrogen (secondary N) is 1. The SMILES string of the molecule is N#Cc1ccc(OC[C@@H]2CC(c3ccc(C#N)c(C(F)(F)F)c3)[C@H](C(F)(F)F)N2)c(F)c1. The summed E-state index contributed by atoms with van der Waals surface area (Å²) in [6, 6.07) is 5.86. The standard InChI is InChI=1S/C21H14F7N3O/c22-17-5-11(8-29)1-4-18(17)32-10-14-7-15(19(31-14)21(26,27)28)12-2-3-13(9-30)16(6-12)20(23,24)25/h1-6,14-15,19,31H,7,10H2/t14-,15?,19+/m0/s1. The van der Waals surface area contributed by atoms with Crippen LogP contribution in [0.1, 0.15) is 34.6 Å². The van der Waals surface area contributed by atoms with Gasteiger partial charge in [-0.2, -0.15) is 36.9 Å². The van der Waals surface area contributed by atoms with Crippen LogP contribution >= 0.6 is 0 Å². The molecule has 0 aliphatic carbocycles. The summed E-state index contributed by atoms with van der Waals surface area (Å²) < 4.78 is 99.7. The zero-order valence-corrected chi connectivity index (χ0v) is 16.1. The van der Waals surface area contributed by atoms with Crippen LogP contribution in [-0.4, -0.2) is 24.9 Å². The summed E-state index contributed by atoms with van der Waals surface area (Å²) in [7, 11) is 0. The van der Waals surface area contributed by atoms with Gasteiger partial charge in [-0.15, -0.1) is 0 Å². The molecule has 1 saturated heterocycles. The lowest BCUT2D eigenvalue weighted by Crippen LogP contribution is -2.44. The van der Waals surface area contributed by atoms with E-state index >= 15 is 0 Å². The van der Waals surface area contributed by atoms with E-state index in [0.717, 1.165) is 24.3 Å². The first-order valence-corrected chi connectivity index (χ1v) is 9.20. The van der Waals surface area contributed by atoms with E-state index in [-0.39, 0.29) is 29.9 Å². The minimum atomic E-state index is -4.91. The Morgan fingerprint density at radius 3 is 2.28 bits per heavy atom. The maximum atomic E-state index is 13.9. The van der Waals surface area contributed by atoms with E-state index in [1.807, 2.05) is 0 Å². The fraction of sp³-hybridized carbons (Fsp3) is 0.333. The van der Waals surface area contributed by atoms with E-state index in [2.05, 4.69) is 5.32 Å². The molecule has 11 heteroatoms. The maximum Gasteiger partial charge on any atom is 0.417 e. The van der Waals surface area contributed by atoms with Crippen LogP contribution in [0, 0.1) is 28.5 Å². The third-order valence-electron chi connectivity index (χ3n) is 5.11. The molecule has 0 saturated carbocycles. The molecule has 0 spiro atoms. The van der Waals surface area contributed by atoms with Crippen LogP contribution in [0.15, 0.2) is 36.4 Å². The largest absolute Gasteiger partial charge is 0.489 e. The Balaban J connectivity index is 1.84. The quantitative estimate of drug-likeness (QED) is 0.653. The Morgan fingerprint density at radius 2 is 1.72 bits per heavy atom. The minimum Gasteiger partial charge on any atom is -0.489 e. The zero-order chi connectivity index (χ0) is 23.7. The van der Waals surface area contributed by atoms with Crippen molar-refractivity contribution in [1.82, 2.24) is 5.32 Å². The number of hydrogen-bond acceptors (Lipinski definition) is 4. The first-order chi connectivity index (χ1) is 14.9. The highest BCUT2D eigenvalue weighted by Crippen LogP contribution is 2.42. The summed E-state index contributed by atoms with van der Waals surface area (Å²) in [5, 5.41) is 19.9. The average Bonchev–Trinajstić information content (AvgIpc) is 3.16. The Hall–Kier alpha value is -3.31. The van der Waals surface area contributed by atoms with Gasteiger partial charge < -0.3 is 4.74 Å². The molecule has 2 aromatic rings. The number of alkyl halides is 6. The van der Waals surface area contributed by atoms with Gasteiger partial charge in [0.25, 0.3) is 0 Å². The summed E-state index contributed by atoms with van der Waals surface area (Å²) in [5.74, 6) is -2.51. The lowest BCUT2D eigenvalue weighted by Gasteiger charge is -2.23. The van der Waals surface area contributed by atoms with Gasteiger partial charge in [0, 0.05) is 12.0 Å². The van der Waals surface area contributed by atoms with Crippen LogP contribution in [0.4, 0.5) is 30.7 Å². The Bertz CT molecular complexity index is 1080. The number of ether oxygens (including phenoxy) is 1. The van der Waals surface area contributed by atoms with Crippen molar-refractivity contribution in [1.29, 1.82) is 10.5 Å². The molecule has 4 nitrogen and oxygen atoms in total. The molecular weight excluding hydrogens is 443 g/mol. The van der Waals surface area contributed by atoms with Crippen molar-refractivity contribution in [2.45, 2.75) is 36.8 Å². The van der Waals surface area contributed by atoms with Crippen LogP contribution in [0.25, 0.3) is 0 Å². The molecule has 3 atom stereocenters. The Labute approximate surface area is 177 Å². The molecule has 1 N–H and O–H groups in total. The molecule has 1 fully saturated rings. The zero-order valence-electron chi connectivity index (χ0n) is 16.1. The van der Waals surface area contributed by atoms with E-state index in [1.54, 1.807) is 6.07 Å². The second-order valence-corrected chi connectivity index (χ2v) is 7.21. The molecule has 1 aliphatic rings. The third-order valence-corrected chi connectivity index (χ3v) is 5.11. The van der Waals surface area contributed by atoms with Crippen LogP contribution in [0.3, 0.4) is 0 Å². The second-order valence-electron chi connectivity index (χ2n) is 7.21. The van der Waals surface area contributed by atoms with Crippen LogP contribution < -0.4 is 10.1 Å². The summed E-state index contributed by atoms with van der Waals surface area (Å²) in [5.41, 5.74) is -2.18. The van der Waals surface area contributed by atoms with E-state index in [4.69, 9.17) is 15.3 Å². The Kier molecular flexibility index (Phi) is 6.33. The summed E-state index contributed by atoms with van der Waals surface area (Å²) >= 11 is 0. The molecule has 1 aliphatic heterocycles. The van der Waals surface area contributed by atoms with Gasteiger partial charge in [-0.25, -0.2) is 4.39 Å². The normalized spacial score (nSPS) is 21.1. The van der Waals surface area contributed by atoms with Gasteiger partial charge >= 0.3 is 12.4 Å². The maximum absolute atomic E-state index is 13.9. The van der Waals surface area contributed by atoms with Crippen LogP contribution in [-0.2, 0) is 6.18 Å². The smallest absolute Gasteiger partial charge is 0.417 e. The number of rotatable bonds is 4. The molecule has 2 aromatic carbocycles. The van der Waals surface area contributed by atoms with E-state index in [9.17, 15) is 30.7 Å². The van der Waals surface area contributed by atoms with Gasteiger partial charge in [0.15, 0.2) is 11.6 Å². The molecule has 0 radical (unpaired) electrons. The predicted molar refractivity (Wildman–Crippen MR) is 96.9 cm³/mol. The van der Waals surface area contributed by atoms with E-state index in [0.29, 0.717) is 6.07 Å². The third kappa shape index (κ3) is 4.94. The molecule has 1 unspecified atom stereocenters. The highest BCUT2D eigenvalue weighted by molar-refractivity contribution is 5.44. The van der Waals surface area contributed by atoms with Gasteiger partial charge in [0.1, 0.15) is 12.6 Å². The van der Waals surface area contributed by atoms with Gasteiger partial charge in [0.2, 0.25) is 0 Å². The van der Waals surface area contributed by atoms with Crippen molar-refractivity contribution >= 4 is 0 Å². The lowest BCUT2D eigenvalue weighted by atomic mass is 9.88. The number of benzene rings is 2. The fourth-order valence-corrected chi connectivity index (χ4v) is 3.65. The Morgan fingerprint density at radius 1 is 1.00 bits per heavy atom. The highest BCUT2D eigenvalue weighted by atomic mass is 19.4. The van der Waals surface area contributed by atoms with Crippen LogP contribution in [0.5, 0.6) is 5.75 Å². The van der Waals surface area contributed by atoms with Gasteiger partial charge in [-0.05, 0) is 42.3 Å². The van der Waals surface area contributed by atoms with Crippen molar-refractivity contribution < 1.29 is 35.5 Å². The van der Waals surface area contributed by atoms with Crippen molar-refractivity contribution in [2.75, 3.05) is 6.61 Å². The molecule has 3 rings (SSSR count). The van der Waals surface area contributed by atoms with Gasteiger partial charge in [0.05, 0.1) is 28.8 Å². The van der Waals surface area contributed by atoms with Crippen molar-refractivity contribution in [3.63, 3.8) is 0 Å². The number of halogens is 7. The molecule has 168 valence electrons. The molecule has 1 heterocycles. The van der Waals surface area contributed by atoms with Crippen LogP contribution in [0.2, 0.25) is 0 Å². The minimum absolute atomic E-state index is 0.0346. The van der Waals surface area contributed by atoms with Crippen molar-refractivity contribution in [3.05, 3.63) is 64.5 Å². The summed E-state index contributed by atoms with van der Waals surface area (Å²) in [6.45, 7) is -0.381. The fourth-order valence-electron chi connectivity index (χ4n) is 3.65. The predicted octanol–water partition coefficient (Wildman–Crippen LogP) is 5.04. The first kappa shape index (κ1) is 23.4. The molecule has 32 heavy (non-hydrogen) atoms. The first-order valence-electron chi connectivity index (χ1n) is 9.20. The van der Waals surface area contributed by atoms with Gasteiger partial charge in [-0.3, -0.25) is 5.32 Å². The number of nitriles is 2.